The highest BCUT2D eigenvalue weighted by atomic mass is 32.2. The van der Waals surface area contributed by atoms with E-state index in [0.717, 1.165) is 58.6 Å². The molecular formula is C32H32FN5O4S2. The fourth-order valence-electron chi connectivity index (χ4n) is 5.17. The Morgan fingerprint density at radius 3 is 2.43 bits per heavy atom. The van der Waals surface area contributed by atoms with Crippen LogP contribution in [0.3, 0.4) is 0 Å². The van der Waals surface area contributed by atoms with E-state index in [1.54, 1.807) is 10.7 Å². The molecule has 0 aliphatic heterocycles. The lowest BCUT2D eigenvalue weighted by molar-refractivity contribution is 0.0691. The minimum Gasteiger partial charge on any atom is -0.870 e. The summed E-state index contributed by atoms with van der Waals surface area (Å²) in [5, 5.41) is 22.0. The molecule has 0 amide bonds. The van der Waals surface area contributed by atoms with Crippen molar-refractivity contribution in [3.8, 4) is 27.5 Å². The first-order valence-electron chi connectivity index (χ1n) is 13.9. The van der Waals surface area contributed by atoms with Crippen molar-refractivity contribution in [2.45, 2.75) is 30.6 Å². The second-order valence-electron chi connectivity index (χ2n) is 11.0. The number of carbonyl (C=O) groups is 1. The van der Waals surface area contributed by atoms with Crippen molar-refractivity contribution in [1.82, 2.24) is 14.8 Å². The summed E-state index contributed by atoms with van der Waals surface area (Å²) < 4.78 is 28.4. The molecule has 2 heterocycles. The largest absolute Gasteiger partial charge is 0.870 e. The average Bonchev–Trinajstić information content (AvgIpc) is 3.55. The number of thiol groups is 1. The van der Waals surface area contributed by atoms with Gasteiger partial charge in [-0.3, -0.25) is 0 Å². The first-order chi connectivity index (χ1) is 20.7. The number of halogens is 1. The number of carboxylic acid groups (broad SMARTS) is 1. The molecule has 228 valence electrons. The molecule has 6 rings (SSSR count). The van der Waals surface area contributed by atoms with E-state index in [1.165, 1.54) is 28.8 Å². The zero-order chi connectivity index (χ0) is 30.2. The Balaban J connectivity index is 0.00000384. The molecular weight excluding hydrogens is 602 g/mol. The molecule has 0 radical (unpaired) electrons. The first-order valence-corrected chi connectivity index (χ1v) is 16.1. The molecule has 12 heteroatoms. The van der Waals surface area contributed by atoms with E-state index in [0.29, 0.717) is 23.0 Å². The maximum Gasteiger partial charge on any atom is 0.355 e. The van der Waals surface area contributed by atoms with Gasteiger partial charge in [-0.05, 0) is 72.2 Å². The van der Waals surface area contributed by atoms with Crippen LogP contribution in [0, 0.1) is 11.7 Å². The summed E-state index contributed by atoms with van der Waals surface area (Å²) in [7, 11) is 1.71. The van der Waals surface area contributed by atoms with E-state index in [2.05, 4.69) is 46.3 Å². The van der Waals surface area contributed by atoms with Crippen LogP contribution in [0.15, 0.2) is 77.0 Å². The molecule has 5 aromatic rings. The van der Waals surface area contributed by atoms with Crippen LogP contribution in [0.2, 0.25) is 0 Å². The Bertz CT molecular complexity index is 1850. The number of hydrogen-bond acceptors (Lipinski definition) is 7. The number of aromatic carboxylic acids is 1. The van der Waals surface area contributed by atoms with Gasteiger partial charge in [-0.25, -0.2) is 18.9 Å². The number of nitrogens with two attached hydrogens (primary N) is 1. The summed E-state index contributed by atoms with van der Waals surface area (Å²) in [6.45, 7) is 0. The Hall–Kier alpha value is -4.23. The van der Waals surface area contributed by atoms with Crippen LogP contribution in [0.1, 0.15) is 40.2 Å². The molecule has 3 aromatic carbocycles. The Morgan fingerprint density at radius 2 is 1.82 bits per heavy atom. The predicted molar refractivity (Wildman–Crippen MR) is 171 cm³/mol. The van der Waals surface area contributed by atoms with Gasteiger partial charge in [-0.1, -0.05) is 40.6 Å². The van der Waals surface area contributed by atoms with Gasteiger partial charge in [0.15, 0.2) is 22.5 Å². The number of thiazole rings is 1. The van der Waals surface area contributed by atoms with Gasteiger partial charge in [0.25, 0.3) is 0 Å². The standard InChI is InChI=1S/C32H30FN5O3S2.H2O/c1-37(2)24-11-9-21(10-12-24)22-4-3-5-23(17-22)30-25(14-20-8-13-29(43(34)41)26(33)15-20)28(16-19-6-7-19)38(36-30)32-35-27(18-42-32)31(39)40;/h3-5,8-13,15,17-19H,6-7,14,16H2,1-2H3,(H2,34,41)(H,39,40);1H2. The molecule has 1 unspecified atom stereocenters. The van der Waals surface area contributed by atoms with Crippen LogP contribution in [-0.2, 0) is 28.0 Å². The zero-order valence-corrected chi connectivity index (χ0v) is 25.9. The van der Waals surface area contributed by atoms with E-state index >= 15 is 0 Å². The minimum absolute atomic E-state index is 0. The van der Waals surface area contributed by atoms with Gasteiger partial charge in [-0.2, -0.15) is 5.10 Å². The topological polar surface area (TPSA) is 144 Å². The minimum atomic E-state index is -2.30. The first kappa shape index (κ1) is 31.2. The third-order valence-corrected chi connectivity index (χ3v) is 9.30. The molecule has 1 fully saturated rings. The predicted octanol–water partition coefficient (Wildman–Crippen LogP) is 5.86. The van der Waals surface area contributed by atoms with Gasteiger partial charge in [-0.15, -0.1) is 16.5 Å². The highest BCUT2D eigenvalue weighted by molar-refractivity contribution is 7.82. The molecule has 0 spiro atoms. The van der Waals surface area contributed by atoms with Crippen molar-refractivity contribution in [2.75, 3.05) is 19.0 Å². The quantitative estimate of drug-likeness (QED) is 0.145. The van der Waals surface area contributed by atoms with E-state index in [1.807, 2.05) is 26.2 Å². The smallest absolute Gasteiger partial charge is 0.355 e. The monoisotopic (exact) mass is 633 g/mol. The lowest BCUT2D eigenvalue weighted by Crippen LogP contribution is -2.07. The molecule has 2 aromatic heterocycles. The molecule has 0 bridgehead atoms. The van der Waals surface area contributed by atoms with Crippen molar-refractivity contribution >= 4 is 34.0 Å². The van der Waals surface area contributed by atoms with Crippen LogP contribution >= 0.6 is 11.3 Å². The summed E-state index contributed by atoms with van der Waals surface area (Å²) in [6.07, 6.45) is 3.31. The van der Waals surface area contributed by atoms with Crippen LogP contribution in [0.25, 0.3) is 27.5 Å². The van der Waals surface area contributed by atoms with Gasteiger partial charge in [0.2, 0.25) is 10.0 Å². The van der Waals surface area contributed by atoms with E-state index < -0.39 is 22.8 Å². The van der Waals surface area contributed by atoms with E-state index in [-0.39, 0.29) is 16.1 Å². The van der Waals surface area contributed by atoms with Crippen molar-refractivity contribution in [2.24, 2.45) is 11.1 Å². The number of nitrogens with zero attached hydrogens (tertiary/aromatic N) is 4. The number of rotatable bonds is 10. The Kier molecular flexibility index (Phi) is 9.07. The second kappa shape index (κ2) is 12.8. The summed E-state index contributed by atoms with van der Waals surface area (Å²) in [5.74, 6) is -1.21. The van der Waals surface area contributed by atoms with Gasteiger partial charge in [0.1, 0.15) is 0 Å². The second-order valence-corrected chi connectivity index (χ2v) is 12.9. The SMILES string of the molecule is CN(C)c1ccc(-c2cccc(-c3nn(-c4nc(C(=O)O)cs4)c(CC4CC4)c3Cc3ccc([SH+](N)=O)c(F)c3)c2)cc1.[OH-]. The van der Waals surface area contributed by atoms with Gasteiger partial charge < -0.3 is 15.5 Å². The summed E-state index contributed by atoms with van der Waals surface area (Å²) >= 11 is 1.23. The molecule has 9 nitrogen and oxygen atoms in total. The third kappa shape index (κ3) is 6.48. The van der Waals surface area contributed by atoms with Gasteiger partial charge in [0.05, 0.1) is 11.4 Å². The van der Waals surface area contributed by atoms with Crippen molar-refractivity contribution in [3.63, 3.8) is 0 Å². The number of carboxylic acids is 1. The normalized spacial score (nSPS) is 13.4. The molecule has 1 aliphatic rings. The zero-order valence-electron chi connectivity index (χ0n) is 24.1. The van der Waals surface area contributed by atoms with Crippen LogP contribution in [0.5, 0.6) is 0 Å². The average molecular weight is 634 g/mol. The molecule has 1 atom stereocenters. The van der Waals surface area contributed by atoms with Crippen molar-refractivity contribution < 1.29 is 24.0 Å². The molecule has 1 aliphatic carbocycles. The summed E-state index contributed by atoms with van der Waals surface area (Å²) in [5.41, 5.74) is 7.31. The number of aromatic nitrogens is 3. The highest BCUT2D eigenvalue weighted by Gasteiger charge is 2.29. The Labute approximate surface area is 260 Å². The summed E-state index contributed by atoms with van der Waals surface area (Å²) in [6, 6.07) is 21.1. The van der Waals surface area contributed by atoms with Crippen LogP contribution < -0.4 is 10.0 Å². The number of benzene rings is 3. The highest BCUT2D eigenvalue weighted by Crippen LogP contribution is 2.39. The third-order valence-electron chi connectivity index (χ3n) is 7.64. The summed E-state index contributed by atoms with van der Waals surface area (Å²) in [4.78, 5) is 18.0. The fraction of sp³-hybridized carbons (Fsp3) is 0.219. The lowest BCUT2D eigenvalue weighted by atomic mass is 9.95. The molecule has 44 heavy (non-hydrogen) atoms. The van der Waals surface area contributed by atoms with E-state index in [9.17, 15) is 18.5 Å². The van der Waals surface area contributed by atoms with Crippen molar-refractivity contribution in [1.29, 1.82) is 0 Å². The van der Waals surface area contributed by atoms with Gasteiger partial charge >= 0.3 is 5.97 Å². The molecule has 0 saturated heterocycles. The van der Waals surface area contributed by atoms with Crippen molar-refractivity contribution in [3.05, 3.63) is 100 Å². The van der Waals surface area contributed by atoms with Crippen LogP contribution in [-0.4, -0.2) is 45.4 Å². The fourth-order valence-corrected chi connectivity index (χ4v) is 6.44. The number of hydrogen-bond donors (Lipinski definition) is 2. The maximum atomic E-state index is 14.9. The Morgan fingerprint density at radius 1 is 1.09 bits per heavy atom. The lowest BCUT2D eigenvalue weighted by Gasteiger charge is -2.13. The van der Waals surface area contributed by atoms with Gasteiger partial charge in [0, 0.05) is 42.7 Å². The van der Waals surface area contributed by atoms with Crippen LogP contribution in [0.4, 0.5) is 10.1 Å². The molecule has 4 N–H and O–H groups in total. The van der Waals surface area contributed by atoms with E-state index in [4.69, 9.17) is 10.2 Å². The molecule has 1 saturated carbocycles. The number of anilines is 1. The maximum absolute atomic E-state index is 14.9.